The van der Waals surface area contributed by atoms with E-state index in [4.69, 9.17) is 9.57 Å². The molecule has 3 aromatic rings. The first-order valence-corrected chi connectivity index (χ1v) is 5.93. The second-order valence-corrected chi connectivity index (χ2v) is 3.95. The highest BCUT2D eigenvalue weighted by molar-refractivity contribution is 5.75. The van der Waals surface area contributed by atoms with E-state index < -0.39 is 0 Å². The lowest BCUT2D eigenvalue weighted by atomic mass is 10.3. The number of imidazole rings is 1. The van der Waals surface area contributed by atoms with E-state index in [0.717, 1.165) is 11.0 Å². The van der Waals surface area contributed by atoms with E-state index >= 15 is 0 Å². The lowest BCUT2D eigenvalue weighted by Crippen LogP contribution is -2.12. The van der Waals surface area contributed by atoms with Crippen LogP contribution in [0.2, 0.25) is 0 Å². The lowest BCUT2D eigenvalue weighted by molar-refractivity contribution is 0.151. The van der Waals surface area contributed by atoms with Crippen molar-refractivity contribution in [3.8, 4) is 5.88 Å². The zero-order chi connectivity index (χ0) is 13.1. The summed E-state index contributed by atoms with van der Waals surface area (Å²) in [7, 11) is 1.61. The Kier molecular flexibility index (Phi) is 3.02. The molecule has 0 aliphatic rings. The van der Waals surface area contributed by atoms with Gasteiger partial charge in [0.1, 0.15) is 12.6 Å². The third-order valence-electron chi connectivity index (χ3n) is 2.75. The lowest BCUT2D eigenvalue weighted by Gasteiger charge is -2.07. The molecule has 0 aliphatic heterocycles. The molecular formula is C14H13N3O2. The maximum Gasteiger partial charge on any atom is 0.213 e. The molecule has 96 valence electrons. The molecule has 0 bridgehead atoms. The predicted molar refractivity (Wildman–Crippen MR) is 70.8 cm³/mol. The van der Waals surface area contributed by atoms with Gasteiger partial charge < -0.3 is 9.57 Å². The highest BCUT2D eigenvalue weighted by atomic mass is 16.6. The van der Waals surface area contributed by atoms with Gasteiger partial charge in [-0.15, -0.1) is 0 Å². The Morgan fingerprint density at radius 3 is 2.74 bits per heavy atom. The fourth-order valence-electron chi connectivity index (χ4n) is 1.92. The van der Waals surface area contributed by atoms with Crippen LogP contribution in [0.5, 0.6) is 5.88 Å². The minimum Gasteiger partial charge on any atom is -0.469 e. The number of rotatable bonds is 4. The van der Waals surface area contributed by atoms with Gasteiger partial charge in [-0.25, -0.2) is 9.97 Å². The third kappa shape index (κ3) is 2.22. The van der Waals surface area contributed by atoms with E-state index in [1.54, 1.807) is 24.1 Å². The van der Waals surface area contributed by atoms with Crippen LogP contribution in [-0.2, 0) is 6.61 Å². The van der Waals surface area contributed by atoms with Crippen LogP contribution in [0.1, 0.15) is 5.82 Å². The minimum atomic E-state index is 0.305. The number of benzene rings is 1. The molecule has 0 fully saturated rings. The largest absolute Gasteiger partial charge is 0.469 e. The van der Waals surface area contributed by atoms with Crippen molar-refractivity contribution in [3.05, 3.63) is 54.5 Å². The van der Waals surface area contributed by atoms with Crippen molar-refractivity contribution in [2.24, 2.45) is 0 Å². The molecule has 2 heterocycles. The Morgan fingerprint density at radius 1 is 1.11 bits per heavy atom. The fourth-order valence-corrected chi connectivity index (χ4v) is 1.92. The average Bonchev–Trinajstić information content (AvgIpc) is 2.83. The predicted octanol–water partition coefficient (Wildman–Crippen LogP) is 2.07. The van der Waals surface area contributed by atoms with Crippen molar-refractivity contribution in [1.29, 1.82) is 0 Å². The smallest absolute Gasteiger partial charge is 0.213 e. The first kappa shape index (κ1) is 11.5. The SMILES string of the molecule is COn1c(COc2ccccn2)nc2ccccc21. The van der Waals surface area contributed by atoms with Gasteiger partial charge >= 0.3 is 0 Å². The number of pyridine rings is 1. The summed E-state index contributed by atoms with van der Waals surface area (Å²) < 4.78 is 7.25. The van der Waals surface area contributed by atoms with Crippen molar-refractivity contribution in [2.45, 2.75) is 6.61 Å². The number of para-hydroxylation sites is 2. The highest BCUT2D eigenvalue weighted by Gasteiger charge is 2.11. The Morgan fingerprint density at radius 2 is 1.95 bits per heavy atom. The van der Waals surface area contributed by atoms with Crippen molar-refractivity contribution < 1.29 is 9.57 Å². The van der Waals surface area contributed by atoms with Crippen molar-refractivity contribution in [3.63, 3.8) is 0 Å². The molecular weight excluding hydrogens is 242 g/mol. The molecule has 3 rings (SSSR count). The number of hydrogen-bond acceptors (Lipinski definition) is 4. The van der Waals surface area contributed by atoms with Crippen LogP contribution in [-0.4, -0.2) is 21.8 Å². The Hall–Kier alpha value is -2.56. The zero-order valence-electron chi connectivity index (χ0n) is 10.5. The number of hydrogen-bond donors (Lipinski definition) is 0. The maximum absolute atomic E-state index is 5.59. The molecule has 0 spiro atoms. The summed E-state index contributed by atoms with van der Waals surface area (Å²) >= 11 is 0. The summed E-state index contributed by atoms with van der Waals surface area (Å²) in [6, 6.07) is 13.3. The van der Waals surface area contributed by atoms with Gasteiger partial charge in [0.15, 0.2) is 12.4 Å². The van der Waals surface area contributed by atoms with Gasteiger partial charge in [-0.1, -0.05) is 18.2 Å². The number of aromatic nitrogens is 3. The van der Waals surface area contributed by atoms with Gasteiger partial charge in [-0.2, -0.15) is 4.73 Å². The molecule has 0 aliphatic carbocycles. The van der Waals surface area contributed by atoms with Crippen LogP contribution in [0.3, 0.4) is 0 Å². The number of ether oxygens (including phenoxy) is 1. The van der Waals surface area contributed by atoms with Crippen molar-refractivity contribution in [1.82, 2.24) is 14.7 Å². The minimum absolute atomic E-state index is 0.305. The molecule has 2 aromatic heterocycles. The second kappa shape index (κ2) is 4.97. The third-order valence-corrected chi connectivity index (χ3v) is 2.75. The van der Waals surface area contributed by atoms with E-state index in [0.29, 0.717) is 18.3 Å². The van der Waals surface area contributed by atoms with Gasteiger partial charge in [0.25, 0.3) is 0 Å². The van der Waals surface area contributed by atoms with Gasteiger partial charge in [0.2, 0.25) is 5.88 Å². The number of nitrogens with zero attached hydrogens (tertiary/aromatic N) is 3. The summed E-state index contributed by atoms with van der Waals surface area (Å²) in [6.45, 7) is 0.305. The standard InChI is InChI=1S/C14H13N3O2/c1-18-17-12-7-3-2-6-11(12)16-13(17)10-19-14-8-4-5-9-15-14/h2-9H,10H2,1H3. The topological polar surface area (TPSA) is 49.2 Å². The van der Waals surface area contributed by atoms with Gasteiger partial charge in [-0.05, 0) is 18.2 Å². The Bertz CT molecular complexity index is 679. The average molecular weight is 255 g/mol. The van der Waals surface area contributed by atoms with E-state index in [1.807, 2.05) is 36.4 Å². The molecule has 0 amide bonds. The van der Waals surface area contributed by atoms with Crippen LogP contribution in [0.15, 0.2) is 48.7 Å². The molecule has 0 saturated carbocycles. The van der Waals surface area contributed by atoms with Gasteiger partial charge in [0.05, 0.1) is 5.52 Å². The zero-order valence-corrected chi connectivity index (χ0v) is 10.5. The summed E-state index contributed by atoms with van der Waals surface area (Å²) in [5.41, 5.74) is 1.80. The molecule has 0 atom stereocenters. The first-order chi connectivity index (χ1) is 9.38. The molecule has 0 radical (unpaired) electrons. The van der Waals surface area contributed by atoms with E-state index in [9.17, 15) is 0 Å². The normalized spacial score (nSPS) is 10.6. The summed E-state index contributed by atoms with van der Waals surface area (Å²) in [4.78, 5) is 13.9. The summed E-state index contributed by atoms with van der Waals surface area (Å²) in [6.07, 6.45) is 1.69. The molecule has 5 heteroatoms. The molecule has 0 saturated heterocycles. The summed E-state index contributed by atoms with van der Waals surface area (Å²) in [5, 5.41) is 0. The van der Waals surface area contributed by atoms with E-state index in [-0.39, 0.29) is 0 Å². The molecule has 19 heavy (non-hydrogen) atoms. The highest BCUT2D eigenvalue weighted by Crippen LogP contribution is 2.15. The van der Waals surface area contributed by atoms with E-state index in [1.165, 1.54) is 0 Å². The van der Waals surface area contributed by atoms with Gasteiger partial charge in [-0.3, -0.25) is 0 Å². The van der Waals surface area contributed by atoms with Crippen molar-refractivity contribution in [2.75, 3.05) is 7.11 Å². The molecule has 1 aromatic carbocycles. The summed E-state index contributed by atoms with van der Waals surface area (Å²) in [5.74, 6) is 1.27. The van der Waals surface area contributed by atoms with Crippen LogP contribution < -0.4 is 9.57 Å². The Balaban J connectivity index is 1.88. The maximum atomic E-state index is 5.59. The first-order valence-electron chi connectivity index (χ1n) is 5.93. The van der Waals surface area contributed by atoms with Gasteiger partial charge in [0, 0.05) is 12.3 Å². The van der Waals surface area contributed by atoms with E-state index in [2.05, 4.69) is 9.97 Å². The number of fused-ring (bicyclic) bond motifs is 1. The van der Waals surface area contributed by atoms with Crippen LogP contribution in [0, 0.1) is 0 Å². The molecule has 0 N–H and O–H groups in total. The fraction of sp³-hybridized carbons (Fsp3) is 0.143. The van der Waals surface area contributed by atoms with Crippen LogP contribution >= 0.6 is 0 Å². The second-order valence-electron chi connectivity index (χ2n) is 3.95. The molecule has 5 nitrogen and oxygen atoms in total. The quantitative estimate of drug-likeness (QED) is 0.716. The van der Waals surface area contributed by atoms with Crippen LogP contribution in [0.25, 0.3) is 11.0 Å². The van der Waals surface area contributed by atoms with Crippen LogP contribution in [0.4, 0.5) is 0 Å². The molecule has 0 unspecified atom stereocenters. The van der Waals surface area contributed by atoms with Crippen molar-refractivity contribution >= 4 is 11.0 Å². The monoisotopic (exact) mass is 255 g/mol. The Labute approximate surface area is 110 Å².